The fourth-order valence-corrected chi connectivity index (χ4v) is 2.58. The van der Waals surface area contributed by atoms with Gasteiger partial charge < -0.3 is 5.73 Å². The molecule has 2 aromatic carbocycles. The van der Waals surface area contributed by atoms with Crippen molar-refractivity contribution < 1.29 is 0 Å². The van der Waals surface area contributed by atoms with Gasteiger partial charge in [-0.3, -0.25) is 0 Å². The second-order valence-electron chi connectivity index (χ2n) is 4.72. The lowest BCUT2D eigenvalue weighted by atomic mass is 9.90. The summed E-state index contributed by atoms with van der Waals surface area (Å²) in [5.41, 5.74) is 8.27. The average molecular weight is 387 g/mol. The van der Waals surface area contributed by atoms with Gasteiger partial charge in [0.15, 0.2) is 0 Å². The number of anilines is 1. The van der Waals surface area contributed by atoms with Gasteiger partial charge in [-0.2, -0.15) is 0 Å². The molecule has 0 unspecified atom stereocenters. The Hall–Kier alpha value is -1.95. The second kappa shape index (κ2) is 6.22. The Labute approximate surface area is 137 Å². The predicted molar refractivity (Wildman–Crippen MR) is 93.0 cm³/mol. The molecule has 0 aliphatic rings. The first-order chi connectivity index (χ1) is 10.3. The minimum absolute atomic E-state index is 0.00769. The topological polar surface area (TPSA) is 51.8 Å². The van der Waals surface area contributed by atoms with Crippen LogP contribution in [0.5, 0.6) is 0 Å². The van der Waals surface area contributed by atoms with Crippen molar-refractivity contribution in [1.29, 1.82) is 0 Å². The lowest BCUT2D eigenvalue weighted by Gasteiger charge is -2.17. The number of nitrogens with two attached hydrogens (primary N) is 1. The molecule has 0 radical (unpaired) electrons. The Bertz CT molecular complexity index is 690. The summed E-state index contributed by atoms with van der Waals surface area (Å²) in [6, 6.07) is 20.5. The Morgan fingerprint density at radius 2 is 1.38 bits per heavy atom. The van der Waals surface area contributed by atoms with Gasteiger partial charge in [-0.15, -0.1) is 0 Å². The lowest BCUT2D eigenvalue weighted by Crippen LogP contribution is -2.10. The van der Waals surface area contributed by atoms with Gasteiger partial charge >= 0.3 is 0 Å². The monoisotopic (exact) mass is 387 g/mol. The third kappa shape index (κ3) is 3.05. The van der Waals surface area contributed by atoms with Crippen molar-refractivity contribution >= 4 is 28.4 Å². The summed E-state index contributed by atoms with van der Waals surface area (Å²) < 4.78 is 0.872. The number of halogens is 1. The summed E-state index contributed by atoms with van der Waals surface area (Å²) in [6.07, 6.45) is 1.77. The second-order valence-corrected chi connectivity index (χ2v) is 5.88. The van der Waals surface area contributed by atoms with E-state index in [0.29, 0.717) is 5.82 Å². The number of rotatable bonds is 3. The number of nitrogens with zero attached hydrogens (tertiary/aromatic N) is 2. The van der Waals surface area contributed by atoms with Gasteiger partial charge in [0.2, 0.25) is 0 Å². The van der Waals surface area contributed by atoms with E-state index in [-0.39, 0.29) is 5.92 Å². The van der Waals surface area contributed by atoms with Gasteiger partial charge in [0.25, 0.3) is 0 Å². The summed E-state index contributed by atoms with van der Waals surface area (Å²) in [4.78, 5) is 8.98. The van der Waals surface area contributed by atoms with Crippen LogP contribution < -0.4 is 5.73 Å². The summed E-state index contributed by atoms with van der Waals surface area (Å²) >= 11 is 2.14. The van der Waals surface area contributed by atoms with Crippen molar-refractivity contribution in [2.24, 2.45) is 0 Å². The molecule has 0 atom stereocenters. The van der Waals surface area contributed by atoms with E-state index < -0.39 is 0 Å². The van der Waals surface area contributed by atoms with Crippen LogP contribution in [0.2, 0.25) is 0 Å². The largest absolute Gasteiger partial charge is 0.383 e. The molecule has 3 rings (SSSR count). The van der Waals surface area contributed by atoms with Gasteiger partial charge in [-0.25, -0.2) is 9.97 Å². The van der Waals surface area contributed by atoms with E-state index in [1.807, 2.05) is 36.4 Å². The molecular formula is C17H14IN3. The van der Waals surface area contributed by atoms with E-state index in [0.717, 1.165) is 20.5 Å². The number of hydrogen-bond acceptors (Lipinski definition) is 3. The third-order valence-electron chi connectivity index (χ3n) is 3.31. The molecule has 0 aliphatic carbocycles. The molecule has 0 amide bonds. The molecule has 1 aromatic heterocycles. The van der Waals surface area contributed by atoms with Crippen LogP contribution in [0.25, 0.3) is 0 Å². The van der Waals surface area contributed by atoms with Crippen molar-refractivity contribution in [1.82, 2.24) is 9.97 Å². The van der Waals surface area contributed by atoms with Crippen LogP contribution in [0.4, 0.5) is 5.82 Å². The fraction of sp³-hybridized carbons (Fsp3) is 0.0588. The number of hydrogen-bond donors (Lipinski definition) is 1. The highest BCUT2D eigenvalue weighted by atomic mass is 127. The minimum atomic E-state index is -0.00769. The van der Waals surface area contributed by atoms with E-state index in [1.165, 1.54) is 0 Å². The van der Waals surface area contributed by atoms with Crippen LogP contribution in [0.3, 0.4) is 0 Å². The molecule has 0 fully saturated rings. The maximum Gasteiger partial charge on any atom is 0.142 e. The van der Waals surface area contributed by atoms with Gasteiger partial charge in [0.05, 0.1) is 9.49 Å². The number of nitrogen functional groups attached to an aromatic ring is 1. The Morgan fingerprint density at radius 3 is 1.86 bits per heavy atom. The first-order valence-corrected chi connectivity index (χ1v) is 7.71. The molecule has 0 saturated carbocycles. The summed E-state index contributed by atoms with van der Waals surface area (Å²) in [7, 11) is 0. The molecule has 0 bridgehead atoms. The predicted octanol–water partition coefficient (Wildman–Crippen LogP) is 3.84. The van der Waals surface area contributed by atoms with Crippen molar-refractivity contribution in [2.75, 3.05) is 5.73 Å². The third-order valence-corrected chi connectivity index (χ3v) is 4.15. The summed E-state index contributed by atoms with van der Waals surface area (Å²) in [5.74, 6) is 1.24. The van der Waals surface area contributed by atoms with Gasteiger partial charge in [0.1, 0.15) is 11.6 Å². The molecule has 21 heavy (non-hydrogen) atoms. The van der Waals surface area contributed by atoms with Gasteiger partial charge in [0, 0.05) is 6.20 Å². The molecule has 3 nitrogen and oxygen atoms in total. The molecule has 0 saturated heterocycles. The summed E-state index contributed by atoms with van der Waals surface area (Å²) in [5, 5.41) is 0. The normalized spacial score (nSPS) is 10.8. The molecule has 2 N–H and O–H groups in total. The van der Waals surface area contributed by atoms with E-state index in [4.69, 9.17) is 5.73 Å². The molecular weight excluding hydrogens is 373 g/mol. The van der Waals surface area contributed by atoms with Crippen LogP contribution in [0, 0.1) is 3.57 Å². The maximum atomic E-state index is 5.96. The fourth-order valence-electron chi connectivity index (χ4n) is 2.32. The molecule has 104 valence electrons. The van der Waals surface area contributed by atoms with Gasteiger partial charge in [-0.1, -0.05) is 60.7 Å². The first-order valence-electron chi connectivity index (χ1n) is 6.63. The smallest absolute Gasteiger partial charge is 0.142 e. The average Bonchev–Trinajstić information content (AvgIpc) is 2.53. The highest BCUT2D eigenvalue weighted by molar-refractivity contribution is 14.1. The van der Waals surface area contributed by atoms with Crippen LogP contribution in [-0.4, -0.2) is 9.97 Å². The summed E-state index contributed by atoms with van der Waals surface area (Å²) in [6.45, 7) is 0. The van der Waals surface area contributed by atoms with Crippen LogP contribution in [0.1, 0.15) is 22.9 Å². The Kier molecular flexibility index (Phi) is 4.15. The highest BCUT2D eigenvalue weighted by Gasteiger charge is 2.19. The zero-order chi connectivity index (χ0) is 14.7. The van der Waals surface area contributed by atoms with E-state index in [1.54, 1.807) is 6.20 Å². The lowest BCUT2D eigenvalue weighted by molar-refractivity contribution is 0.855. The first kappa shape index (κ1) is 14.0. The van der Waals surface area contributed by atoms with E-state index in [2.05, 4.69) is 56.8 Å². The van der Waals surface area contributed by atoms with Crippen molar-refractivity contribution in [3.8, 4) is 0 Å². The molecule has 3 aromatic rings. The Balaban J connectivity index is 2.14. The minimum Gasteiger partial charge on any atom is -0.383 e. The molecule has 4 heteroatoms. The van der Waals surface area contributed by atoms with E-state index in [9.17, 15) is 0 Å². The number of aromatic nitrogens is 2. The van der Waals surface area contributed by atoms with E-state index >= 15 is 0 Å². The molecule has 0 spiro atoms. The quantitative estimate of drug-likeness (QED) is 0.695. The van der Waals surface area contributed by atoms with Crippen molar-refractivity contribution in [2.45, 2.75) is 5.92 Å². The van der Waals surface area contributed by atoms with Crippen molar-refractivity contribution in [3.63, 3.8) is 0 Å². The molecule has 1 heterocycles. The standard InChI is InChI=1S/C17H14IN3/c18-14-11-20-17(21-16(14)19)15(12-7-3-1-4-8-12)13-9-5-2-6-10-13/h1-11,15H,(H2,19,20,21). The van der Waals surface area contributed by atoms with Crippen LogP contribution in [-0.2, 0) is 0 Å². The van der Waals surface area contributed by atoms with Crippen LogP contribution in [0.15, 0.2) is 66.9 Å². The van der Waals surface area contributed by atoms with Crippen molar-refractivity contribution in [3.05, 3.63) is 87.4 Å². The maximum absolute atomic E-state index is 5.96. The van der Waals surface area contributed by atoms with Crippen LogP contribution >= 0.6 is 22.6 Å². The SMILES string of the molecule is Nc1nc(C(c2ccccc2)c2ccccc2)ncc1I. The highest BCUT2D eigenvalue weighted by Crippen LogP contribution is 2.30. The molecule has 0 aliphatic heterocycles. The number of benzene rings is 2. The van der Waals surface area contributed by atoms with Gasteiger partial charge in [-0.05, 0) is 33.7 Å². The zero-order valence-corrected chi connectivity index (χ0v) is 13.4. The Morgan fingerprint density at radius 1 is 0.857 bits per heavy atom. The zero-order valence-electron chi connectivity index (χ0n) is 11.3.